The monoisotopic (exact) mass is 330 g/mol. The SMILES string of the molecule is CC(C)[Si](OCC(F)(F)Oc1ccccc1)(C(C)C)C(C)C. The number of ether oxygens (including phenoxy) is 1. The van der Waals surface area contributed by atoms with Gasteiger partial charge in [0.15, 0.2) is 0 Å². The third-order valence-electron chi connectivity index (χ3n) is 4.21. The molecule has 1 aromatic carbocycles. The number of rotatable bonds is 8. The minimum atomic E-state index is -3.32. The molecule has 22 heavy (non-hydrogen) atoms. The number of halogens is 2. The minimum Gasteiger partial charge on any atom is -0.431 e. The Labute approximate surface area is 134 Å². The van der Waals surface area contributed by atoms with Gasteiger partial charge in [-0.05, 0) is 28.8 Å². The third-order valence-corrected chi connectivity index (χ3v) is 10.3. The fraction of sp³-hybridized carbons (Fsp3) is 0.647. The van der Waals surface area contributed by atoms with E-state index in [2.05, 4.69) is 41.5 Å². The highest BCUT2D eigenvalue weighted by Gasteiger charge is 2.47. The van der Waals surface area contributed by atoms with E-state index in [9.17, 15) is 8.78 Å². The van der Waals surface area contributed by atoms with Gasteiger partial charge < -0.3 is 9.16 Å². The van der Waals surface area contributed by atoms with Crippen molar-refractivity contribution in [1.82, 2.24) is 0 Å². The maximum absolute atomic E-state index is 14.1. The number of hydrogen-bond donors (Lipinski definition) is 0. The van der Waals surface area contributed by atoms with Gasteiger partial charge in [0, 0.05) is 0 Å². The zero-order valence-corrected chi connectivity index (χ0v) is 15.4. The first-order valence-electron chi connectivity index (χ1n) is 7.87. The van der Waals surface area contributed by atoms with Crippen LogP contribution in [0.2, 0.25) is 16.6 Å². The Hall–Kier alpha value is -0.943. The van der Waals surface area contributed by atoms with E-state index in [1.165, 1.54) is 12.1 Å². The molecule has 0 N–H and O–H groups in total. The molecule has 126 valence electrons. The average molecular weight is 330 g/mol. The summed E-state index contributed by atoms with van der Waals surface area (Å²) in [6.45, 7) is 11.7. The largest absolute Gasteiger partial charge is 0.431 e. The van der Waals surface area contributed by atoms with Crippen molar-refractivity contribution >= 4 is 8.32 Å². The molecule has 0 bridgehead atoms. The molecule has 0 fully saturated rings. The van der Waals surface area contributed by atoms with E-state index < -0.39 is 21.0 Å². The molecule has 1 aromatic rings. The molecule has 0 aliphatic rings. The van der Waals surface area contributed by atoms with Crippen molar-refractivity contribution in [2.24, 2.45) is 0 Å². The molecule has 0 saturated heterocycles. The molecule has 0 spiro atoms. The summed E-state index contributed by atoms with van der Waals surface area (Å²) in [7, 11) is -2.31. The summed E-state index contributed by atoms with van der Waals surface area (Å²) >= 11 is 0. The molecule has 0 aliphatic carbocycles. The van der Waals surface area contributed by atoms with Crippen molar-refractivity contribution in [3.05, 3.63) is 30.3 Å². The standard InChI is InChI=1S/C17H28F2O2Si/c1-13(2)22(14(3)4,15(5)6)20-12-17(18,19)21-16-10-8-7-9-11-16/h7-11,13-15H,12H2,1-6H3. The van der Waals surface area contributed by atoms with Crippen LogP contribution in [0.3, 0.4) is 0 Å². The van der Waals surface area contributed by atoms with Crippen LogP contribution in [0.15, 0.2) is 30.3 Å². The third kappa shape index (κ3) is 4.52. The highest BCUT2D eigenvalue weighted by atomic mass is 28.4. The smallest absolute Gasteiger partial charge is 0.420 e. The zero-order chi connectivity index (χ0) is 17.0. The lowest BCUT2D eigenvalue weighted by atomic mass is 10.3. The molecule has 0 radical (unpaired) electrons. The fourth-order valence-corrected chi connectivity index (χ4v) is 8.82. The summed E-state index contributed by atoms with van der Waals surface area (Å²) in [5.41, 5.74) is 0.792. The van der Waals surface area contributed by atoms with Gasteiger partial charge in [0.1, 0.15) is 12.4 Å². The van der Waals surface area contributed by atoms with Gasteiger partial charge in [-0.2, -0.15) is 8.78 Å². The minimum absolute atomic E-state index is 0.155. The lowest BCUT2D eigenvalue weighted by molar-refractivity contribution is -0.198. The maximum Gasteiger partial charge on any atom is 0.420 e. The van der Waals surface area contributed by atoms with Gasteiger partial charge in [0.05, 0.1) is 0 Å². The Morgan fingerprint density at radius 2 is 1.36 bits per heavy atom. The van der Waals surface area contributed by atoms with Crippen LogP contribution in [-0.4, -0.2) is 21.0 Å². The number of hydrogen-bond acceptors (Lipinski definition) is 2. The molecule has 0 aliphatic heterocycles. The summed E-state index contributed by atoms with van der Waals surface area (Å²) in [5, 5.41) is 0. The van der Waals surface area contributed by atoms with Crippen LogP contribution in [0.4, 0.5) is 8.78 Å². The molecule has 2 nitrogen and oxygen atoms in total. The zero-order valence-electron chi connectivity index (χ0n) is 14.4. The molecule has 5 heteroatoms. The fourth-order valence-electron chi connectivity index (χ4n) is 3.40. The van der Waals surface area contributed by atoms with E-state index in [1.54, 1.807) is 18.2 Å². The van der Waals surface area contributed by atoms with Crippen LogP contribution in [0.1, 0.15) is 41.5 Å². The van der Waals surface area contributed by atoms with Crippen LogP contribution in [0.5, 0.6) is 5.75 Å². The quantitative estimate of drug-likeness (QED) is 0.557. The first-order chi connectivity index (χ1) is 10.1. The van der Waals surface area contributed by atoms with Gasteiger partial charge in [0.25, 0.3) is 0 Å². The normalized spacial score (nSPS) is 13.2. The number of benzene rings is 1. The van der Waals surface area contributed by atoms with Crippen LogP contribution in [0, 0.1) is 0 Å². The predicted molar refractivity (Wildman–Crippen MR) is 89.0 cm³/mol. The van der Waals surface area contributed by atoms with Crippen LogP contribution in [-0.2, 0) is 4.43 Å². The van der Waals surface area contributed by atoms with E-state index >= 15 is 0 Å². The van der Waals surface area contributed by atoms with E-state index in [1.807, 2.05) is 0 Å². The van der Waals surface area contributed by atoms with E-state index in [0.29, 0.717) is 0 Å². The van der Waals surface area contributed by atoms with Gasteiger partial charge in [-0.15, -0.1) is 0 Å². The molecule has 0 amide bonds. The van der Waals surface area contributed by atoms with E-state index in [0.717, 1.165) is 0 Å². The van der Waals surface area contributed by atoms with Crippen LogP contribution < -0.4 is 4.74 Å². The molecule has 0 heterocycles. The molecule has 0 unspecified atom stereocenters. The molecule has 0 atom stereocenters. The second-order valence-electron chi connectivity index (χ2n) is 6.66. The van der Waals surface area contributed by atoms with Gasteiger partial charge in [-0.3, -0.25) is 0 Å². The summed E-state index contributed by atoms with van der Waals surface area (Å²) in [5.74, 6) is 0.155. The Kier molecular flexibility index (Phi) is 6.56. The Morgan fingerprint density at radius 3 is 1.77 bits per heavy atom. The maximum atomic E-state index is 14.1. The summed E-state index contributed by atoms with van der Waals surface area (Å²) < 4.78 is 38.9. The second-order valence-corrected chi connectivity index (χ2v) is 12.1. The first-order valence-corrected chi connectivity index (χ1v) is 10.0. The highest BCUT2D eigenvalue weighted by Crippen LogP contribution is 2.43. The molecule has 1 rings (SSSR count). The Bertz CT molecular complexity index is 425. The molecular formula is C17H28F2O2Si. The molecule has 0 saturated carbocycles. The van der Waals surface area contributed by atoms with Gasteiger partial charge >= 0.3 is 6.11 Å². The summed E-state index contributed by atoms with van der Waals surface area (Å²) in [4.78, 5) is 0. The Morgan fingerprint density at radius 1 is 0.909 bits per heavy atom. The van der Waals surface area contributed by atoms with Crippen molar-refractivity contribution in [3.63, 3.8) is 0 Å². The number of para-hydroxylation sites is 1. The lowest BCUT2D eigenvalue weighted by Gasteiger charge is -2.42. The van der Waals surface area contributed by atoms with Crippen molar-refractivity contribution in [2.75, 3.05) is 6.61 Å². The average Bonchev–Trinajstić information content (AvgIpc) is 2.38. The van der Waals surface area contributed by atoms with Crippen molar-refractivity contribution in [3.8, 4) is 5.75 Å². The van der Waals surface area contributed by atoms with E-state index in [-0.39, 0.29) is 22.4 Å². The topological polar surface area (TPSA) is 18.5 Å². The molecule has 0 aromatic heterocycles. The van der Waals surface area contributed by atoms with Gasteiger partial charge in [-0.1, -0.05) is 59.7 Å². The Balaban J connectivity index is 2.83. The number of alkyl halides is 2. The van der Waals surface area contributed by atoms with Crippen molar-refractivity contribution in [1.29, 1.82) is 0 Å². The van der Waals surface area contributed by atoms with E-state index in [4.69, 9.17) is 9.16 Å². The van der Waals surface area contributed by atoms with Gasteiger partial charge in [0.2, 0.25) is 8.32 Å². The molecular weight excluding hydrogens is 302 g/mol. The predicted octanol–water partition coefficient (Wildman–Crippen LogP) is 5.85. The van der Waals surface area contributed by atoms with Crippen molar-refractivity contribution < 1.29 is 17.9 Å². The van der Waals surface area contributed by atoms with Crippen LogP contribution in [0.25, 0.3) is 0 Å². The lowest BCUT2D eigenvalue weighted by Crippen LogP contribution is -2.50. The van der Waals surface area contributed by atoms with Gasteiger partial charge in [-0.25, -0.2) is 0 Å². The van der Waals surface area contributed by atoms with Crippen LogP contribution >= 0.6 is 0 Å². The summed E-state index contributed by atoms with van der Waals surface area (Å²) in [6, 6.07) is 8.14. The second kappa shape index (κ2) is 7.55. The summed E-state index contributed by atoms with van der Waals surface area (Å²) in [6.07, 6.45) is -3.32. The van der Waals surface area contributed by atoms with Crippen molar-refractivity contribution in [2.45, 2.75) is 64.3 Å². The first kappa shape index (κ1) is 19.1. The highest BCUT2D eigenvalue weighted by molar-refractivity contribution is 6.77.